The van der Waals surface area contributed by atoms with E-state index in [0.29, 0.717) is 6.61 Å². The van der Waals surface area contributed by atoms with Crippen LogP contribution in [-0.2, 0) is 23.1 Å². The number of rotatable bonds is 5. The van der Waals surface area contributed by atoms with E-state index in [9.17, 15) is 0 Å². The lowest BCUT2D eigenvalue weighted by Gasteiger charge is -2.26. The Morgan fingerprint density at radius 2 is 2.19 bits per heavy atom. The molecule has 4 nitrogen and oxygen atoms in total. The van der Waals surface area contributed by atoms with E-state index in [0.717, 1.165) is 26.1 Å². The van der Waals surface area contributed by atoms with Crippen LogP contribution in [0.5, 0.6) is 0 Å². The van der Waals surface area contributed by atoms with Crippen molar-refractivity contribution >= 4 is 10.9 Å². The summed E-state index contributed by atoms with van der Waals surface area (Å²) in [6.45, 7) is 5.35. The first kappa shape index (κ1) is 14.6. The molecule has 1 fully saturated rings. The number of aromatic nitrogens is 1. The number of nitrogens with zero attached hydrogens (tertiary/aromatic N) is 1. The highest BCUT2D eigenvalue weighted by atomic mass is 16.5. The lowest BCUT2D eigenvalue weighted by Crippen LogP contribution is -2.42. The molecule has 4 heteroatoms. The molecule has 1 saturated heterocycles. The third-order valence-corrected chi connectivity index (χ3v) is 4.75. The van der Waals surface area contributed by atoms with Crippen LogP contribution in [0.2, 0.25) is 0 Å². The van der Waals surface area contributed by atoms with E-state index in [1.807, 2.05) is 0 Å². The van der Waals surface area contributed by atoms with Crippen LogP contribution in [-0.4, -0.2) is 37.0 Å². The second-order valence-electron chi connectivity index (χ2n) is 5.94. The smallest absolute Gasteiger partial charge is 0.106 e. The average Bonchev–Trinajstić information content (AvgIpc) is 3.08. The summed E-state index contributed by atoms with van der Waals surface area (Å²) < 4.78 is 13.4. The second-order valence-corrected chi connectivity index (χ2v) is 5.94. The predicted molar refractivity (Wildman–Crippen MR) is 84.5 cm³/mol. The molecule has 2 aromatic rings. The molecule has 1 aliphatic rings. The highest BCUT2D eigenvalue weighted by molar-refractivity contribution is 5.85. The van der Waals surface area contributed by atoms with Gasteiger partial charge in [-0.25, -0.2) is 0 Å². The van der Waals surface area contributed by atoms with Crippen molar-refractivity contribution in [1.82, 2.24) is 9.88 Å². The minimum absolute atomic E-state index is 0.154. The Morgan fingerprint density at radius 3 is 2.86 bits per heavy atom. The third kappa shape index (κ3) is 2.59. The van der Waals surface area contributed by atoms with Gasteiger partial charge in [-0.3, -0.25) is 0 Å². The molecular formula is C17H24N2O2. The van der Waals surface area contributed by atoms with E-state index < -0.39 is 0 Å². The maximum absolute atomic E-state index is 5.66. The first-order valence-corrected chi connectivity index (χ1v) is 7.53. The molecule has 0 amide bonds. The van der Waals surface area contributed by atoms with Gasteiger partial charge in [0.2, 0.25) is 0 Å². The van der Waals surface area contributed by atoms with Gasteiger partial charge in [-0.1, -0.05) is 18.2 Å². The number of fused-ring (bicyclic) bond motifs is 1. The number of ether oxygens (including phenoxy) is 2. The van der Waals surface area contributed by atoms with Crippen molar-refractivity contribution < 1.29 is 9.47 Å². The van der Waals surface area contributed by atoms with Crippen molar-refractivity contribution in [3.8, 4) is 0 Å². The summed E-state index contributed by atoms with van der Waals surface area (Å²) in [5, 5.41) is 4.89. The fourth-order valence-electron chi connectivity index (χ4n) is 3.26. The Kier molecular flexibility index (Phi) is 4.02. The highest BCUT2D eigenvalue weighted by Crippen LogP contribution is 2.25. The van der Waals surface area contributed by atoms with Crippen LogP contribution in [0.1, 0.15) is 17.7 Å². The van der Waals surface area contributed by atoms with Crippen LogP contribution in [0.4, 0.5) is 0 Å². The summed E-state index contributed by atoms with van der Waals surface area (Å²) in [5.74, 6) is 0. The number of nitrogens with one attached hydrogen (secondary N) is 1. The van der Waals surface area contributed by atoms with Crippen molar-refractivity contribution in [3.63, 3.8) is 0 Å². The van der Waals surface area contributed by atoms with Gasteiger partial charge < -0.3 is 19.4 Å². The number of benzene rings is 1. The summed E-state index contributed by atoms with van der Waals surface area (Å²) in [4.78, 5) is 0. The lowest BCUT2D eigenvalue weighted by molar-refractivity contribution is -0.0160. The van der Waals surface area contributed by atoms with E-state index >= 15 is 0 Å². The molecule has 2 heterocycles. The second kappa shape index (κ2) is 5.79. The maximum Gasteiger partial charge on any atom is 0.106 e. The van der Waals surface area contributed by atoms with Crippen molar-refractivity contribution in [2.75, 3.05) is 26.9 Å². The lowest BCUT2D eigenvalue weighted by atomic mass is 10.0. The Balaban J connectivity index is 1.74. The molecule has 0 radical (unpaired) electrons. The van der Waals surface area contributed by atoms with E-state index in [1.165, 1.54) is 22.2 Å². The number of hydrogen-bond donors (Lipinski definition) is 1. The summed E-state index contributed by atoms with van der Waals surface area (Å²) in [5.41, 5.74) is 3.83. The molecule has 0 bridgehead atoms. The van der Waals surface area contributed by atoms with Gasteiger partial charge in [0.15, 0.2) is 0 Å². The van der Waals surface area contributed by atoms with Gasteiger partial charge >= 0.3 is 0 Å². The monoisotopic (exact) mass is 288 g/mol. The summed E-state index contributed by atoms with van der Waals surface area (Å²) in [6.07, 6.45) is 0.963. The van der Waals surface area contributed by atoms with Crippen LogP contribution in [0.15, 0.2) is 24.3 Å². The van der Waals surface area contributed by atoms with Gasteiger partial charge in [-0.15, -0.1) is 0 Å². The van der Waals surface area contributed by atoms with Crippen molar-refractivity contribution in [3.05, 3.63) is 35.5 Å². The largest absolute Gasteiger partial charge is 0.378 e. The molecule has 0 spiro atoms. The van der Waals surface area contributed by atoms with Crippen LogP contribution in [0.3, 0.4) is 0 Å². The average molecular weight is 288 g/mol. The quantitative estimate of drug-likeness (QED) is 0.917. The molecule has 1 atom stereocenters. The highest BCUT2D eigenvalue weighted by Gasteiger charge is 2.34. The van der Waals surface area contributed by atoms with E-state index in [2.05, 4.69) is 48.1 Å². The molecule has 1 aromatic carbocycles. The number of aryl methyl sites for hydroxylation is 2. The third-order valence-electron chi connectivity index (χ3n) is 4.75. The van der Waals surface area contributed by atoms with Gasteiger partial charge in [-0.2, -0.15) is 0 Å². The summed E-state index contributed by atoms with van der Waals surface area (Å²) in [6, 6.07) is 8.56. The predicted octanol–water partition coefficient (Wildman–Crippen LogP) is 2.38. The molecule has 3 rings (SSSR count). The maximum atomic E-state index is 5.66. The van der Waals surface area contributed by atoms with E-state index in [4.69, 9.17) is 9.47 Å². The Bertz CT molecular complexity index is 588. The van der Waals surface area contributed by atoms with Crippen LogP contribution in [0.25, 0.3) is 10.9 Å². The SMILES string of the molecule is COC1(CNCc2c(C)c3ccccc3n2C)CCOC1. The standard InChI is InChI=1S/C17H24N2O2/c1-13-14-6-4-5-7-15(14)19(2)16(13)10-18-11-17(20-3)8-9-21-12-17/h4-7,18H,8-12H2,1-3H3. The first-order chi connectivity index (χ1) is 10.2. The Labute approximate surface area is 126 Å². The number of methoxy groups -OCH3 is 1. The Morgan fingerprint density at radius 1 is 1.38 bits per heavy atom. The summed E-state index contributed by atoms with van der Waals surface area (Å²) >= 11 is 0. The molecule has 1 N–H and O–H groups in total. The fourth-order valence-corrected chi connectivity index (χ4v) is 3.26. The fraction of sp³-hybridized carbons (Fsp3) is 0.529. The normalized spacial score (nSPS) is 22.2. The van der Waals surface area contributed by atoms with Gasteiger partial charge in [-0.05, 0) is 18.6 Å². The minimum Gasteiger partial charge on any atom is -0.378 e. The van der Waals surface area contributed by atoms with Crippen LogP contribution in [0, 0.1) is 6.92 Å². The molecule has 21 heavy (non-hydrogen) atoms. The summed E-state index contributed by atoms with van der Waals surface area (Å²) in [7, 11) is 3.91. The van der Waals surface area contributed by atoms with Crippen LogP contribution >= 0.6 is 0 Å². The Hall–Kier alpha value is -1.36. The molecular weight excluding hydrogens is 264 g/mol. The molecule has 0 aliphatic carbocycles. The molecule has 1 aromatic heterocycles. The number of para-hydroxylation sites is 1. The topological polar surface area (TPSA) is 35.4 Å². The van der Waals surface area contributed by atoms with Crippen LogP contribution < -0.4 is 5.32 Å². The van der Waals surface area contributed by atoms with Gasteiger partial charge in [0.05, 0.1) is 6.61 Å². The molecule has 1 aliphatic heterocycles. The number of hydrogen-bond acceptors (Lipinski definition) is 3. The first-order valence-electron chi connectivity index (χ1n) is 7.53. The molecule has 0 saturated carbocycles. The zero-order valence-corrected chi connectivity index (χ0v) is 13.1. The van der Waals surface area contributed by atoms with Crippen molar-refractivity contribution in [2.45, 2.75) is 25.5 Å². The van der Waals surface area contributed by atoms with Gasteiger partial charge in [0.1, 0.15) is 5.60 Å². The van der Waals surface area contributed by atoms with Gasteiger partial charge in [0.25, 0.3) is 0 Å². The van der Waals surface area contributed by atoms with Crippen molar-refractivity contribution in [2.24, 2.45) is 7.05 Å². The molecule has 1 unspecified atom stereocenters. The van der Waals surface area contributed by atoms with Gasteiger partial charge in [0, 0.05) is 56.9 Å². The van der Waals surface area contributed by atoms with E-state index in [-0.39, 0.29) is 5.60 Å². The van der Waals surface area contributed by atoms with Crippen molar-refractivity contribution in [1.29, 1.82) is 0 Å². The zero-order chi connectivity index (χ0) is 14.9. The van der Waals surface area contributed by atoms with E-state index in [1.54, 1.807) is 7.11 Å². The zero-order valence-electron chi connectivity index (χ0n) is 13.1. The minimum atomic E-state index is -0.154. The molecule has 114 valence electrons.